The third kappa shape index (κ3) is 2.22. The molecule has 22 heavy (non-hydrogen) atoms. The van der Waals surface area contributed by atoms with Crippen LogP contribution in [0.4, 0.5) is 0 Å². The maximum atomic E-state index is 13.3. The van der Waals surface area contributed by atoms with Gasteiger partial charge in [-0.2, -0.15) is 0 Å². The van der Waals surface area contributed by atoms with Crippen LogP contribution >= 0.6 is 23.1 Å². The molecule has 0 saturated heterocycles. The molecule has 4 rings (SSSR count). The standard InChI is InChI=1S/C16H17N3OS2/c1-2-4-17-11-8-12-15-13(22-10-18-15)3-5-19(20)6-7-21-14(9-11)16(12)19/h3-4,9-10H,2,5-8H2,1H3/b17-4+. The van der Waals surface area contributed by atoms with Gasteiger partial charge in [-0.25, -0.2) is 4.98 Å². The van der Waals surface area contributed by atoms with Crippen LogP contribution in [0.3, 0.4) is 0 Å². The maximum absolute atomic E-state index is 13.3. The van der Waals surface area contributed by atoms with Crippen molar-refractivity contribution in [2.24, 2.45) is 4.99 Å². The van der Waals surface area contributed by atoms with Gasteiger partial charge in [-0.15, -0.1) is 23.1 Å². The topological polar surface area (TPSA) is 48.3 Å². The minimum absolute atomic E-state index is 0.234. The fourth-order valence-corrected chi connectivity index (χ4v) is 5.16. The lowest BCUT2D eigenvalue weighted by molar-refractivity contribution is -0.827. The van der Waals surface area contributed by atoms with Crippen LogP contribution in [0.2, 0.25) is 0 Å². The number of aromatic nitrogens is 1. The molecule has 1 unspecified atom stereocenters. The molecule has 1 aliphatic carbocycles. The molecule has 0 bridgehead atoms. The van der Waals surface area contributed by atoms with Crippen LogP contribution in [0.5, 0.6) is 0 Å². The highest BCUT2D eigenvalue weighted by Gasteiger charge is 2.37. The third-order valence-corrected chi connectivity index (χ3v) is 6.02. The molecule has 0 saturated carbocycles. The van der Waals surface area contributed by atoms with Gasteiger partial charge in [0.1, 0.15) is 6.54 Å². The van der Waals surface area contributed by atoms with E-state index in [1.807, 2.05) is 11.7 Å². The average molecular weight is 331 g/mol. The Morgan fingerprint density at radius 1 is 1.50 bits per heavy atom. The monoisotopic (exact) mass is 331 g/mol. The number of allylic oxidation sites excluding steroid dienone is 3. The molecule has 1 aromatic rings. The molecule has 114 valence electrons. The van der Waals surface area contributed by atoms with Crippen molar-refractivity contribution < 1.29 is 4.65 Å². The molecule has 0 fully saturated rings. The molecule has 4 nitrogen and oxygen atoms in total. The molecular formula is C16H17N3OS2. The Bertz CT molecular complexity index is 834. The number of thioether (sulfide) groups is 1. The number of thiazole rings is 1. The molecule has 1 atom stereocenters. The van der Waals surface area contributed by atoms with Crippen LogP contribution in [0, 0.1) is 5.21 Å². The Kier molecular flexibility index (Phi) is 3.57. The van der Waals surface area contributed by atoms with E-state index in [4.69, 9.17) is 0 Å². The van der Waals surface area contributed by atoms with E-state index in [2.05, 4.69) is 29.1 Å². The summed E-state index contributed by atoms with van der Waals surface area (Å²) in [4.78, 5) is 10.2. The first-order valence-electron chi connectivity index (χ1n) is 7.53. The second-order valence-electron chi connectivity index (χ2n) is 5.64. The van der Waals surface area contributed by atoms with Gasteiger partial charge < -0.3 is 9.85 Å². The molecule has 3 heterocycles. The quantitative estimate of drug-likeness (QED) is 0.474. The molecule has 0 radical (unpaired) electrons. The number of hydrogen-bond donors (Lipinski definition) is 0. The molecular weight excluding hydrogens is 314 g/mol. The first-order valence-corrected chi connectivity index (χ1v) is 9.40. The number of fused-ring (bicyclic) bond motifs is 1. The van der Waals surface area contributed by atoms with Gasteiger partial charge in [0.05, 0.1) is 26.8 Å². The lowest BCUT2D eigenvalue weighted by Crippen LogP contribution is -2.46. The molecule has 1 aromatic heterocycles. The summed E-state index contributed by atoms with van der Waals surface area (Å²) in [5.74, 6) is 0.867. The summed E-state index contributed by atoms with van der Waals surface area (Å²) >= 11 is 3.40. The van der Waals surface area contributed by atoms with E-state index in [9.17, 15) is 5.21 Å². The number of aliphatic imine (C=N–C) groups is 1. The number of rotatable bonds is 2. The summed E-state index contributed by atoms with van der Waals surface area (Å²) in [7, 11) is 0. The molecule has 3 aliphatic rings. The molecule has 0 aromatic carbocycles. The third-order valence-electron chi connectivity index (χ3n) is 4.18. The minimum Gasteiger partial charge on any atom is -0.627 e. The van der Waals surface area contributed by atoms with E-state index in [0.717, 1.165) is 43.9 Å². The van der Waals surface area contributed by atoms with Gasteiger partial charge in [0.15, 0.2) is 5.70 Å². The Morgan fingerprint density at radius 2 is 2.41 bits per heavy atom. The van der Waals surface area contributed by atoms with Crippen molar-refractivity contribution in [1.82, 2.24) is 4.98 Å². The fourth-order valence-electron chi connectivity index (χ4n) is 3.18. The van der Waals surface area contributed by atoms with Crippen molar-refractivity contribution >= 4 is 41.0 Å². The Morgan fingerprint density at radius 3 is 3.27 bits per heavy atom. The zero-order valence-electron chi connectivity index (χ0n) is 12.4. The Balaban J connectivity index is 2.00. The normalized spacial score (nSPS) is 27.2. The highest BCUT2D eigenvalue weighted by atomic mass is 32.2. The molecule has 0 amide bonds. The maximum Gasteiger partial charge on any atom is 0.152 e. The summed E-state index contributed by atoms with van der Waals surface area (Å²) in [5.41, 5.74) is 4.95. The van der Waals surface area contributed by atoms with Gasteiger partial charge in [0, 0.05) is 29.7 Å². The smallest absolute Gasteiger partial charge is 0.152 e. The van der Waals surface area contributed by atoms with Crippen LogP contribution in [0.15, 0.2) is 32.9 Å². The summed E-state index contributed by atoms with van der Waals surface area (Å²) in [6, 6.07) is 0. The van der Waals surface area contributed by atoms with Crippen LogP contribution in [-0.2, 0) is 0 Å². The molecule has 0 N–H and O–H groups in total. The van der Waals surface area contributed by atoms with Crippen LogP contribution in [-0.4, -0.2) is 34.7 Å². The second kappa shape index (κ2) is 5.45. The molecule has 2 aliphatic heterocycles. The van der Waals surface area contributed by atoms with Crippen LogP contribution in [0.1, 0.15) is 19.8 Å². The van der Waals surface area contributed by atoms with E-state index >= 15 is 0 Å². The first kappa shape index (κ1) is 14.4. The van der Waals surface area contributed by atoms with Gasteiger partial charge in [0.25, 0.3) is 0 Å². The summed E-state index contributed by atoms with van der Waals surface area (Å²) in [6.07, 6.45) is 7.75. The van der Waals surface area contributed by atoms with Crippen LogP contribution in [0.25, 0.3) is 11.6 Å². The minimum atomic E-state index is -0.234. The second-order valence-corrected chi connectivity index (χ2v) is 7.66. The average Bonchev–Trinajstić information content (AvgIpc) is 2.95. The molecule has 6 heteroatoms. The van der Waals surface area contributed by atoms with Crippen molar-refractivity contribution in [3.8, 4) is 0 Å². The lowest BCUT2D eigenvalue weighted by atomic mass is 9.99. The van der Waals surface area contributed by atoms with E-state index in [-0.39, 0.29) is 4.65 Å². The van der Waals surface area contributed by atoms with Crippen molar-refractivity contribution in [3.63, 3.8) is 0 Å². The number of hydroxylamine groups is 3. The lowest BCUT2D eigenvalue weighted by Gasteiger charge is -2.47. The highest BCUT2D eigenvalue weighted by molar-refractivity contribution is 8.03. The number of nitrogens with zero attached hydrogens (tertiary/aromatic N) is 3. The van der Waals surface area contributed by atoms with E-state index in [1.165, 1.54) is 0 Å². The highest BCUT2D eigenvalue weighted by Crippen LogP contribution is 2.44. The molecule has 0 spiro atoms. The van der Waals surface area contributed by atoms with Gasteiger partial charge in [-0.3, -0.25) is 4.99 Å². The SMILES string of the molecule is CC/C=N/C1=CC2=C3C(=c4ncsc4=CC[N+]3([O-])CCS2)C1. The van der Waals surface area contributed by atoms with Crippen molar-refractivity contribution in [3.05, 3.63) is 43.0 Å². The van der Waals surface area contributed by atoms with Gasteiger partial charge >= 0.3 is 0 Å². The Labute approximate surface area is 137 Å². The van der Waals surface area contributed by atoms with E-state index in [1.54, 1.807) is 23.1 Å². The number of quaternary nitrogens is 1. The van der Waals surface area contributed by atoms with Gasteiger partial charge in [0.2, 0.25) is 0 Å². The van der Waals surface area contributed by atoms with Crippen molar-refractivity contribution in [2.45, 2.75) is 19.8 Å². The summed E-state index contributed by atoms with van der Waals surface area (Å²) < 4.78 is 0.900. The summed E-state index contributed by atoms with van der Waals surface area (Å²) in [5, 5.41) is 14.3. The summed E-state index contributed by atoms with van der Waals surface area (Å²) in [6.45, 7) is 3.23. The van der Waals surface area contributed by atoms with Gasteiger partial charge in [-0.1, -0.05) is 6.92 Å². The van der Waals surface area contributed by atoms with Crippen molar-refractivity contribution in [1.29, 1.82) is 0 Å². The van der Waals surface area contributed by atoms with Crippen LogP contribution < -0.4 is 9.88 Å². The zero-order valence-corrected chi connectivity index (χ0v) is 14.0. The van der Waals surface area contributed by atoms with E-state index < -0.39 is 0 Å². The number of hydrogen-bond acceptors (Lipinski definition) is 5. The predicted octanol–water partition coefficient (Wildman–Crippen LogP) is 2.13. The largest absolute Gasteiger partial charge is 0.627 e. The predicted molar refractivity (Wildman–Crippen MR) is 93.6 cm³/mol. The first-order chi connectivity index (χ1) is 10.7. The Hall–Kier alpha value is -1.21. The van der Waals surface area contributed by atoms with E-state index in [0.29, 0.717) is 19.5 Å². The zero-order chi connectivity index (χ0) is 15.2. The van der Waals surface area contributed by atoms with Crippen molar-refractivity contribution in [2.75, 3.05) is 18.8 Å². The van der Waals surface area contributed by atoms with Gasteiger partial charge in [-0.05, 0) is 18.6 Å². The fraction of sp³-hybridized carbons (Fsp3) is 0.375.